The van der Waals surface area contributed by atoms with E-state index in [9.17, 15) is 0 Å². The zero-order chi connectivity index (χ0) is 6.36. The summed E-state index contributed by atoms with van der Waals surface area (Å²) >= 11 is 0. The fraction of sp³-hybridized carbons (Fsp3) is 1.00. The highest BCUT2D eigenvalue weighted by Crippen LogP contribution is 1.98. The second-order valence-corrected chi connectivity index (χ2v) is 2.29. The van der Waals surface area contributed by atoms with E-state index in [-0.39, 0.29) is 0 Å². The van der Waals surface area contributed by atoms with Crippen LogP contribution >= 0.6 is 0 Å². The van der Waals surface area contributed by atoms with Crippen molar-refractivity contribution < 1.29 is 9.47 Å². The van der Waals surface area contributed by atoms with E-state index in [1.807, 2.05) is 0 Å². The van der Waals surface area contributed by atoms with E-state index in [0.717, 1.165) is 26.4 Å². The highest BCUT2D eigenvalue weighted by molar-refractivity contribution is 4.43. The molecule has 0 saturated carbocycles. The van der Waals surface area contributed by atoms with Gasteiger partial charge in [-0.3, -0.25) is 0 Å². The molecule has 0 radical (unpaired) electrons. The summed E-state index contributed by atoms with van der Waals surface area (Å²) in [4.78, 5) is 0. The molecule has 2 heteroatoms. The van der Waals surface area contributed by atoms with Gasteiger partial charge in [0.05, 0.1) is 0 Å². The molecule has 2 fully saturated rings. The Hall–Kier alpha value is -0.0800. The molecule has 0 aromatic rings. The smallest absolute Gasteiger partial charge is 0.0488 e. The third kappa shape index (κ3) is 3.49. The predicted octanol–water partition coefficient (Wildman–Crippen LogP) is 1.20. The summed E-state index contributed by atoms with van der Waals surface area (Å²) in [5.74, 6) is 0. The summed E-state index contributed by atoms with van der Waals surface area (Å²) in [6.07, 6.45) is 3.83. The molecule has 0 aromatic heterocycles. The van der Waals surface area contributed by atoms with Crippen molar-refractivity contribution in [3.05, 3.63) is 0 Å². The van der Waals surface area contributed by atoms with Crippen LogP contribution in [-0.4, -0.2) is 26.4 Å². The van der Waals surface area contributed by atoms with Gasteiger partial charge in [0, 0.05) is 26.4 Å². The molecule has 2 saturated heterocycles. The largest absolute Gasteiger partial charge is 0.381 e. The van der Waals surface area contributed by atoms with Crippen LogP contribution in [0.15, 0.2) is 0 Å². The van der Waals surface area contributed by atoms with Crippen LogP contribution in [0.1, 0.15) is 19.3 Å². The van der Waals surface area contributed by atoms with Gasteiger partial charge in [-0.15, -0.1) is 0 Å². The van der Waals surface area contributed by atoms with Gasteiger partial charge in [0.25, 0.3) is 0 Å². The zero-order valence-corrected chi connectivity index (χ0v) is 5.77. The van der Waals surface area contributed by atoms with E-state index in [1.165, 1.54) is 19.3 Å². The van der Waals surface area contributed by atoms with E-state index in [2.05, 4.69) is 0 Å². The molecule has 2 aliphatic rings. The van der Waals surface area contributed by atoms with Gasteiger partial charge in [0.1, 0.15) is 0 Å². The van der Waals surface area contributed by atoms with Gasteiger partial charge in [0.15, 0.2) is 0 Å². The van der Waals surface area contributed by atoms with Crippen molar-refractivity contribution in [3.8, 4) is 0 Å². The van der Waals surface area contributed by atoms with Crippen molar-refractivity contribution >= 4 is 0 Å². The first-order chi connectivity index (χ1) is 4.50. The molecule has 0 unspecified atom stereocenters. The SMILES string of the molecule is C1CCOC1.C1COC1. The highest BCUT2D eigenvalue weighted by Gasteiger charge is 1.95. The Bertz CT molecular complexity index is 44.3. The van der Waals surface area contributed by atoms with Crippen molar-refractivity contribution in [3.63, 3.8) is 0 Å². The third-order valence-electron chi connectivity index (χ3n) is 1.40. The van der Waals surface area contributed by atoms with Crippen LogP contribution in [0.25, 0.3) is 0 Å². The van der Waals surface area contributed by atoms with E-state index in [0.29, 0.717) is 0 Å². The molecule has 2 rings (SSSR count). The molecule has 0 atom stereocenters. The first kappa shape index (κ1) is 7.03. The Morgan fingerprint density at radius 3 is 1.11 bits per heavy atom. The van der Waals surface area contributed by atoms with Crippen molar-refractivity contribution in [1.82, 2.24) is 0 Å². The van der Waals surface area contributed by atoms with Gasteiger partial charge in [0.2, 0.25) is 0 Å². The van der Waals surface area contributed by atoms with E-state index in [4.69, 9.17) is 9.47 Å². The summed E-state index contributed by atoms with van der Waals surface area (Å²) < 4.78 is 9.67. The first-order valence-electron chi connectivity index (χ1n) is 3.65. The van der Waals surface area contributed by atoms with E-state index in [1.54, 1.807) is 0 Å². The highest BCUT2D eigenvalue weighted by atomic mass is 16.5. The topological polar surface area (TPSA) is 18.5 Å². The standard InChI is InChI=1S/C4H8O.C3H6O/c1-2-4-5-3-1;1-2-4-3-1/h1-4H2;1-3H2. The van der Waals surface area contributed by atoms with Crippen LogP contribution < -0.4 is 0 Å². The van der Waals surface area contributed by atoms with Crippen LogP contribution in [0.3, 0.4) is 0 Å². The van der Waals surface area contributed by atoms with E-state index < -0.39 is 0 Å². The lowest BCUT2D eigenvalue weighted by Gasteiger charge is -2.09. The lowest BCUT2D eigenvalue weighted by molar-refractivity contribution is 0.0367. The summed E-state index contributed by atoms with van der Waals surface area (Å²) in [5, 5.41) is 0. The van der Waals surface area contributed by atoms with Crippen molar-refractivity contribution in [1.29, 1.82) is 0 Å². The summed E-state index contributed by atoms with van der Waals surface area (Å²) in [6, 6.07) is 0. The minimum absolute atomic E-state index is 1.00. The molecule has 0 spiro atoms. The molecule has 9 heavy (non-hydrogen) atoms. The Kier molecular flexibility index (Phi) is 3.72. The van der Waals surface area contributed by atoms with Crippen LogP contribution in [0.5, 0.6) is 0 Å². The Morgan fingerprint density at radius 2 is 1.00 bits per heavy atom. The van der Waals surface area contributed by atoms with E-state index >= 15 is 0 Å². The van der Waals surface area contributed by atoms with Crippen LogP contribution in [0.4, 0.5) is 0 Å². The van der Waals surface area contributed by atoms with Crippen molar-refractivity contribution in [2.75, 3.05) is 26.4 Å². The quantitative estimate of drug-likeness (QED) is 0.490. The molecule has 0 aliphatic carbocycles. The fourth-order valence-electron chi connectivity index (χ4n) is 0.655. The molecule has 0 amide bonds. The molecular formula is C7H14O2. The zero-order valence-electron chi connectivity index (χ0n) is 5.77. The molecular weight excluding hydrogens is 116 g/mol. The minimum Gasteiger partial charge on any atom is -0.381 e. The van der Waals surface area contributed by atoms with Gasteiger partial charge >= 0.3 is 0 Å². The summed E-state index contributed by atoms with van der Waals surface area (Å²) in [7, 11) is 0. The molecule has 2 heterocycles. The lowest BCUT2D eigenvalue weighted by Crippen LogP contribution is -2.09. The Balaban J connectivity index is 0.0000000922. The second-order valence-electron chi connectivity index (χ2n) is 2.29. The number of rotatable bonds is 0. The minimum atomic E-state index is 1.00. The maximum Gasteiger partial charge on any atom is 0.0488 e. The van der Waals surface area contributed by atoms with Crippen LogP contribution in [0, 0.1) is 0 Å². The monoisotopic (exact) mass is 130 g/mol. The predicted molar refractivity (Wildman–Crippen MR) is 35.5 cm³/mol. The Morgan fingerprint density at radius 1 is 0.556 bits per heavy atom. The number of ether oxygens (including phenoxy) is 2. The Labute approximate surface area is 56.2 Å². The summed E-state index contributed by atoms with van der Waals surface area (Å²) in [6.45, 7) is 4.00. The fourth-order valence-corrected chi connectivity index (χ4v) is 0.655. The van der Waals surface area contributed by atoms with Gasteiger partial charge < -0.3 is 9.47 Å². The average Bonchev–Trinajstić information content (AvgIpc) is 2.07. The van der Waals surface area contributed by atoms with Crippen LogP contribution in [-0.2, 0) is 9.47 Å². The molecule has 54 valence electrons. The van der Waals surface area contributed by atoms with Crippen molar-refractivity contribution in [2.45, 2.75) is 19.3 Å². The molecule has 2 aliphatic heterocycles. The molecule has 0 N–H and O–H groups in total. The lowest BCUT2D eigenvalue weighted by atomic mass is 10.4. The molecule has 0 aromatic carbocycles. The van der Waals surface area contributed by atoms with Crippen molar-refractivity contribution in [2.24, 2.45) is 0 Å². The third-order valence-corrected chi connectivity index (χ3v) is 1.40. The molecule has 2 nitrogen and oxygen atoms in total. The van der Waals surface area contributed by atoms with Gasteiger partial charge in [-0.1, -0.05) is 0 Å². The average molecular weight is 130 g/mol. The number of hydrogen-bond acceptors (Lipinski definition) is 2. The summed E-state index contributed by atoms with van der Waals surface area (Å²) in [5.41, 5.74) is 0. The van der Waals surface area contributed by atoms with Gasteiger partial charge in [-0.2, -0.15) is 0 Å². The van der Waals surface area contributed by atoms with Gasteiger partial charge in [-0.25, -0.2) is 0 Å². The first-order valence-corrected chi connectivity index (χ1v) is 3.65. The number of hydrogen-bond donors (Lipinski definition) is 0. The van der Waals surface area contributed by atoms with Crippen LogP contribution in [0.2, 0.25) is 0 Å². The maximum atomic E-state index is 4.94. The maximum absolute atomic E-state index is 4.94. The molecule has 0 bridgehead atoms. The second kappa shape index (κ2) is 4.77. The van der Waals surface area contributed by atoms with Gasteiger partial charge in [-0.05, 0) is 19.3 Å². The normalized spacial score (nSPS) is 24.0.